The number of rotatable bonds is 7. The first-order valence-corrected chi connectivity index (χ1v) is 12.3. The van der Waals surface area contributed by atoms with Crippen LogP contribution in [0.2, 0.25) is 10.0 Å². The number of hydrogen-bond donors (Lipinski definition) is 2. The Labute approximate surface area is 199 Å². The minimum atomic E-state index is -3.62. The molecular weight excluding hydrogens is 495 g/mol. The number of sulfonamides is 1. The molecule has 13 heteroatoms. The van der Waals surface area contributed by atoms with Gasteiger partial charge in [0.25, 0.3) is 0 Å². The summed E-state index contributed by atoms with van der Waals surface area (Å²) in [5, 5.41) is 11.9. The number of nitrogen functional groups attached to an aromatic ring is 1. The van der Waals surface area contributed by atoms with E-state index in [2.05, 4.69) is 15.5 Å². The number of carbonyl (C=O) groups excluding carboxylic acids is 1. The lowest BCUT2D eigenvalue weighted by Gasteiger charge is -2.14. The predicted molar refractivity (Wildman–Crippen MR) is 127 cm³/mol. The molecule has 0 saturated heterocycles. The second kappa shape index (κ2) is 9.67. The minimum Gasteiger partial charge on any atom is -0.335 e. The number of nitrogens with one attached hydrogen (secondary N) is 1. The standard InChI is InChI=1S/C19H20Cl2N6O3S2/c1-11-4-6-13(32(29,30)26(2)3)9-16(11)23-17(28)10-31-19-25-24-18(27(19)22)14-7-5-12(20)8-15(14)21/h4-9H,10,22H2,1-3H3,(H,23,28). The largest absolute Gasteiger partial charge is 0.335 e. The van der Waals surface area contributed by atoms with Gasteiger partial charge in [0, 0.05) is 30.4 Å². The summed E-state index contributed by atoms with van der Waals surface area (Å²) < 4.78 is 27.1. The SMILES string of the molecule is Cc1ccc(S(=O)(=O)N(C)C)cc1NC(=O)CSc1nnc(-c2ccc(Cl)cc2Cl)n1N. The van der Waals surface area contributed by atoms with E-state index >= 15 is 0 Å². The maximum Gasteiger partial charge on any atom is 0.242 e. The highest BCUT2D eigenvalue weighted by Gasteiger charge is 2.20. The highest BCUT2D eigenvalue weighted by Crippen LogP contribution is 2.30. The van der Waals surface area contributed by atoms with Crippen molar-refractivity contribution in [2.45, 2.75) is 17.0 Å². The van der Waals surface area contributed by atoms with Crippen LogP contribution in [0.1, 0.15) is 5.56 Å². The normalized spacial score (nSPS) is 11.7. The molecule has 9 nitrogen and oxygen atoms in total. The quantitative estimate of drug-likeness (QED) is 0.366. The second-order valence-electron chi connectivity index (χ2n) is 6.90. The average Bonchev–Trinajstić information content (AvgIpc) is 3.08. The summed E-state index contributed by atoms with van der Waals surface area (Å²) in [6, 6.07) is 9.47. The third-order valence-electron chi connectivity index (χ3n) is 4.43. The van der Waals surface area contributed by atoms with Crippen LogP contribution in [0.25, 0.3) is 11.4 Å². The number of benzene rings is 2. The summed E-state index contributed by atoms with van der Waals surface area (Å²) in [6.07, 6.45) is 0. The van der Waals surface area contributed by atoms with Crippen molar-refractivity contribution in [1.82, 2.24) is 19.2 Å². The Hall–Kier alpha value is -2.31. The van der Waals surface area contributed by atoms with Gasteiger partial charge in [0.15, 0.2) is 5.82 Å². The number of aryl methyl sites for hydroxylation is 1. The van der Waals surface area contributed by atoms with E-state index in [9.17, 15) is 13.2 Å². The summed E-state index contributed by atoms with van der Waals surface area (Å²) in [6.45, 7) is 1.77. The van der Waals surface area contributed by atoms with Gasteiger partial charge in [0.2, 0.25) is 21.1 Å². The van der Waals surface area contributed by atoms with E-state index in [1.807, 2.05) is 0 Å². The van der Waals surface area contributed by atoms with Gasteiger partial charge >= 0.3 is 0 Å². The minimum absolute atomic E-state index is 0.0201. The van der Waals surface area contributed by atoms with E-state index in [-0.39, 0.29) is 16.6 Å². The molecular formula is C19H20Cl2N6O3S2. The first-order valence-electron chi connectivity index (χ1n) is 9.12. The number of nitrogens with zero attached hydrogens (tertiary/aromatic N) is 4. The summed E-state index contributed by atoms with van der Waals surface area (Å²) >= 11 is 13.2. The summed E-state index contributed by atoms with van der Waals surface area (Å²) in [4.78, 5) is 12.6. The zero-order valence-corrected chi connectivity index (χ0v) is 20.5. The average molecular weight is 515 g/mol. The molecule has 0 unspecified atom stereocenters. The van der Waals surface area contributed by atoms with Crippen molar-refractivity contribution >= 4 is 56.6 Å². The molecule has 3 N–H and O–H groups in total. The van der Waals surface area contributed by atoms with Crippen LogP contribution in [0.5, 0.6) is 0 Å². The Morgan fingerprint density at radius 1 is 1.19 bits per heavy atom. The Morgan fingerprint density at radius 3 is 2.56 bits per heavy atom. The van der Waals surface area contributed by atoms with Gasteiger partial charge in [-0.3, -0.25) is 4.79 Å². The monoisotopic (exact) mass is 514 g/mol. The Kier molecular flexibility index (Phi) is 7.36. The lowest BCUT2D eigenvalue weighted by Crippen LogP contribution is -2.23. The maximum absolute atomic E-state index is 12.5. The van der Waals surface area contributed by atoms with E-state index < -0.39 is 10.0 Å². The van der Waals surface area contributed by atoms with E-state index in [1.165, 1.54) is 30.9 Å². The molecule has 0 atom stereocenters. The first-order chi connectivity index (χ1) is 15.0. The van der Waals surface area contributed by atoms with Crippen molar-refractivity contribution in [3.05, 3.63) is 52.0 Å². The van der Waals surface area contributed by atoms with Crippen LogP contribution in [-0.2, 0) is 14.8 Å². The molecule has 0 aliphatic heterocycles. The van der Waals surface area contributed by atoms with Gasteiger partial charge < -0.3 is 11.2 Å². The van der Waals surface area contributed by atoms with Crippen molar-refractivity contribution in [2.75, 3.05) is 31.0 Å². The number of hydrogen-bond acceptors (Lipinski definition) is 7. The van der Waals surface area contributed by atoms with Crippen molar-refractivity contribution in [3.8, 4) is 11.4 Å². The van der Waals surface area contributed by atoms with E-state index in [0.29, 0.717) is 32.3 Å². The zero-order chi connectivity index (χ0) is 23.6. The highest BCUT2D eigenvalue weighted by molar-refractivity contribution is 7.99. The van der Waals surface area contributed by atoms with Gasteiger partial charge in [-0.1, -0.05) is 41.0 Å². The molecule has 3 aromatic rings. The number of amides is 1. The van der Waals surface area contributed by atoms with Gasteiger partial charge in [-0.25, -0.2) is 17.4 Å². The fourth-order valence-corrected chi connectivity index (χ4v) is 4.73. The van der Waals surface area contributed by atoms with E-state index in [0.717, 1.165) is 21.6 Å². The molecule has 3 rings (SSSR count). The Morgan fingerprint density at radius 2 is 1.91 bits per heavy atom. The number of aromatic nitrogens is 3. The fraction of sp³-hybridized carbons (Fsp3) is 0.211. The molecule has 1 heterocycles. The molecule has 32 heavy (non-hydrogen) atoms. The smallest absolute Gasteiger partial charge is 0.242 e. The van der Waals surface area contributed by atoms with Crippen LogP contribution in [0, 0.1) is 6.92 Å². The lowest BCUT2D eigenvalue weighted by atomic mass is 10.2. The van der Waals surface area contributed by atoms with Crippen molar-refractivity contribution in [3.63, 3.8) is 0 Å². The molecule has 1 amide bonds. The van der Waals surface area contributed by atoms with Crippen molar-refractivity contribution < 1.29 is 13.2 Å². The third kappa shape index (κ3) is 5.18. The van der Waals surface area contributed by atoms with E-state index in [1.54, 1.807) is 31.2 Å². The number of nitrogens with two attached hydrogens (primary N) is 1. The lowest BCUT2D eigenvalue weighted by molar-refractivity contribution is -0.113. The topological polar surface area (TPSA) is 123 Å². The van der Waals surface area contributed by atoms with Crippen LogP contribution < -0.4 is 11.2 Å². The predicted octanol–water partition coefficient (Wildman–Crippen LogP) is 3.26. The van der Waals surface area contributed by atoms with Gasteiger partial charge in [-0.2, -0.15) is 0 Å². The van der Waals surface area contributed by atoms with Gasteiger partial charge in [-0.15, -0.1) is 10.2 Å². The van der Waals surface area contributed by atoms with Gasteiger partial charge in [-0.05, 0) is 42.8 Å². The number of halogens is 2. The van der Waals surface area contributed by atoms with Gasteiger partial charge in [0.1, 0.15) is 0 Å². The molecule has 1 aromatic heterocycles. The maximum atomic E-state index is 12.5. The Balaban J connectivity index is 1.72. The van der Waals surface area contributed by atoms with E-state index in [4.69, 9.17) is 29.0 Å². The summed E-state index contributed by atoms with van der Waals surface area (Å²) in [5.41, 5.74) is 1.68. The molecule has 0 saturated carbocycles. The zero-order valence-electron chi connectivity index (χ0n) is 17.3. The molecule has 0 radical (unpaired) electrons. The van der Waals surface area contributed by atoms with Crippen molar-refractivity contribution in [2.24, 2.45) is 0 Å². The highest BCUT2D eigenvalue weighted by atomic mass is 35.5. The third-order valence-corrected chi connectivity index (χ3v) is 7.73. The molecule has 0 aliphatic carbocycles. The van der Waals surface area contributed by atoms with Crippen LogP contribution in [0.4, 0.5) is 5.69 Å². The molecule has 0 fully saturated rings. The van der Waals surface area contributed by atoms with Gasteiger partial charge in [0.05, 0.1) is 15.7 Å². The molecule has 0 aliphatic rings. The number of thioether (sulfide) groups is 1. The van der Waals surface area contributed by atoms with Crippen LogP contribution in [0.15, 0.2) is 46.5 Å². The second-order valence-corrected chi connectivity index (χ2v) is 10.8. The van der Waals surface area contributed by atoms with Crippen LogP contribution >= 0.6 is 35.0 Å². The van der Waals surface area contributed by atoms with Crippen LogP contribution in [0.3, 0.4) is 0 Å². The molecule has 170 valence electrons. The number of anilines is 1. The fourth-order valence-electron chi connectivity index (χ4n) is 2.65. The summed E-state index contributed by atoms with van der Waals surface area (Å²) in [7, 11) is -0.737. The molecule has 2 aromatic carbocycles. The van der Waals surface area contributed by atoms with Crippen molar-refractivity contribution in [1.29, 1.82) is 0 Å². The summed E-state index contributed by atoms with van der Waals surface area (Å²) in [5.74, 6) is 6.03. The van der Waals surface area contributed by atoms with Crippen LogP contribution in [-0.4, -0.2) is 53.4 Å². The molecule has 0 spiro atoms. The molecule has 0 bridgehead atoms. The number of carbonyl (C=O) groups is 1. The first kappa shape index (κ1) is 24.3. The Bertz CT molecular complexity index is 1280.